The summed E-state index contributed by atoms with van der Waals surface area (Å²) in [6.07, 6.45) is 3.76. The van der Waals surface area contributed by atoms with E-state index in [1.807, 2.05) is 48.5 Å². The van der Waals surface area contributed by atoms with E-state index in [4.69, 9.17) is 0 Å². The molecule has 3 aromatic rings. The van der Waals surface area contributed by atoms with Gasteiger partial charge < -0.3 is 5.32 Å². The molecule has 0 bridgehead atoms. The highest BCUT2D eigenvalue weighted by molar-refractivity contribution is 5.94. The zero-order chi connectivity index (χ0) is 19.2. The second kappa shape index (κ2) is 8.81. The standard InChI is InChI=1S/C24H25N3O/c28-24(21-11-9-20(10-12-21)23-8-4-5-15-25-23)26-22-13-16-27(17-14-22)18-19-6-2-1-3-7-19/h1-12,15,22H,13-14,16-18H2,(H,26,28). The van der Waals surface area contributed by atoms with Crippen LogP contribution in [0.15, 0.2) is 79.0 Å². The van der Waals surface area contributed by atoms with Crippen molar-refractivity contribution in [3.8, 4) is 11.3 Å². The van der Waals surface area contributed by atoms with Gasteiger partial charge in [0.1, 0.15) is 0 Å². The highest BCUT2D eigenvalue weighted by Crippen LogP contribution is 2.18. The Balaban J connectivity index is 1.29. The zero-order valence-electron chi connectivity index (χ0n) is 15.9. The smallest absolute Gasteiger partial charge is 0.251 e. The maximum Gasteiger partial charge on any atom is 0.251 e. The number of hydrogen-bond donors (Lipinski definition) is 1. The molecule has 0 atom stereocenters. The topological polar surface area (TPSA) is 45.2 Å². The Labute approximate surface area is 166 Å². The van der Waals surface area contributed by atoms with Crippen molar-refractivity contribution in [2.75, 3.05) is 13.1 Å². The van der Waals surface area contributed by atoms with Gasteiger partial charge in [0.2, 0.25) is 0 Å². The lowest BCUT2D eigenvalue weighted by atomic mass is 10.0. The summed E-state index contributed by atoms with van der Waals surface area (Å²) in [7, 11) is 0. The number of likely N-dealkylation sites (tertiary alicyclic amines) is 1. The molecule has 1 amide bonds. The number of hydrogen-bond acceptors (Lipinski definition) is 3. The van der Waals surface area contributed by atoms with Crippen LogP contribution in [0.25, 0.3) is 11.3 Å². The van der Waals surface area contributed by atoms with Gasteiger partial charge in [0.15, 0.2) is 0 Å². The predicted molar refractivity (Wildman–Crippen MR) is 112 cm³/mol. The maximum absolute atomic E-state index is 12.6. The van der Waals surface area contributed by atoms with Crippen molar-refractivity contribution in [2.24, 2.45) is 0 Å². The molecule has 142 valence electrons. The van der Waals surface area contributed by atoms with Crippen LogP contribution in [0.5, 0.6) is 0 Å². The summed E-state index contributed by atoms with van der Waals surface area (Å²) in [6.45, 7) is 3.01. The second-order valence-corrected chi connectivity index (χ2v) is 7.30. The van der Waals surface area contributed by atoms with Gasteiger partial charge in [-0.25, -0.2) is 0 Å². The lowest BCUT2D eigenvalue weighted by Crippen LogP contribution is -2.44. The number of nitrogens with one attached hydrogen (secondary N) is 1. The summed E-state index contributed by atoms with van der Waals surface area (Å²) in [4.78, 5) is 19.4. The molecule has 0 spiro atoms. The molecular weight excluding hydrogens is 346 g/mol. The van der Waals surface area contributed by atoms with E-state index in [1.165, 1.54) is 5.56 Å². The Morgan fingerprint density at radius 2 is 1.64 bits per heavy atom. The third-order valence-corrected chi connectivity index (χ3v) is 5.28. The van der Waals surface area contributed by atoms with E-state index in [9.17, 15) is 4.79 Å². The SMILES string of the molecule is O=C(NC1CCN(Cc2ccccc2)CC1)c1ccc(-c2ccccn2)cc1. The minimum atomic E-state index is 0.00841. The van der Waals surface area contributed by atoms with Gasteiger partial charge in [-0.3, -0.25) is 14.7 Å². The van der Waals surface area contributed by atoms with E-state index in [1.54, 1.807) is 6.20 Å². The first kappa shape index (κ1) is 18.4. The van der Waals surface area contributed by atoms with Crippen LogP contribution in [-0.2, 0) is 6.54 Å². The van der Waals surface area contributed by atoms with E-state index >= 15 is 0 Å². The van der Waals surface area contributed by atoms with Crippen LogP contribution in [-0.4, -0.2) is 34.9 Å². The molecule has 4 rings (SSSR count). The number of piperidine rings is 1. The van der Waals surface area contributed by atoms with Crippen molar-refractivity contribution >= 4 is 5.91 Å². The highest BCUT2D eigenvalue weighted by Gasteiger charge is 2.21. The zero-order valence-corrected chi connectivity index (χ0v) is 15.9. The monoisotopic (exact) mass is 371 g/mol. The number of aromatic nitrogens is 1. The molecule has 1 aliphatic heterocycles. The first-order valence-corrected chi connectivity index (χ1v) is 9.86. The fourth-order valence-corrected chi connectivity index (χ4v) is 3.67. The molecule has 1 N–H and O–H groups in total. The molecule has 1 aromatic heterocycles. The first-order valence-electron chi connectivity index (χ1n) is 9.86. The molecule has 2 aromatic carbocycles. The fourth-order valence-electron chi connectivity index (χ4n) is 3.67. The van der Waals surface area contributed by atoms with Gasteiger partial charge >= 0.3 is 0 Å². The molecule has 1 aliphatic rings. The first-order chi connectivity index (χ1) is 13.8. The Morgan fingerprint density at radius 1 is 0.929 bits per heavy atom. The summed E-state index contributed by atoms with van der Waals surface area (Å²) in [5.74, 6) is 0.00841. The second-order valence-electron chi connectivity index (χ2n) is 7.30. The van der Waals surface area contributed by atoms with E-state index in [0.717, 1.165) is 43.7 Å². The van der Waals surface area contributed by atoms with Gasteiger partial charge in [-0.2, -0.15) is 0 Å². The average molecular weight is 371 g/mol. The van der Waals surface area contributed by atoms with Crippen LogP contribution < -0.4 is 5.32 Å². The van der Waals surface area contributed by atoms with Gasteiger partial charge in [-0.1, -0.05) is 48.5 Å². The van der Waals surface area contributed by atoms with Crippen molar-refractivity contribution < 1.29 is 4.79 Å². The van der Waals surface area contributed by atoms with Crippen LogP contribution >= 0.6 is 0 Å². The third kappa shape index (κ3) is 4.65. The van der Waals surface area contributed by atoms with Gasteiger partial charge in [-0.05, 0) is 42.7 Å². The van der Waals surface area contributed by atoms with E-state index in [0.29, 0.717) is 5.56 Å². The number of carbonyl (C=O) groups is 1. The number of amides is 1. The number of carbonyl (C=O) groups excluding carboxylic acids is 1. The van der Waals surface area contributed by atoms with Crippen molar-refractivity contribution in [1.82, 2.24) is 15.2 Å². The van der Waals surface area contributed by atoms with Gasteiger partial charge in [0, 0.05) is 43.0 Å². The van der Waals surface area contributed by atoms with Crippen molar-refractivity contribution in [2.45, 2.75) is 25.4 Å². The van der Waals surface area contributed by atoms with Crippen LogP contribution in [0, 0.1) is 0 Å². The molecule has 0 radical (unpaired) electrons. The summed E-state index contributed by atoms with van der Waals surface area (Å²) >= 11 is 0. The van der Waals surface area contributed by atoms with Gasteiger partial charge in [0.25, 0.3) is 5.91 Å². The molecule has 1 saturated heterocycles. The van der Waals surface area contributed by atoms with E-state index in [-0.39, 0.29) is 11.9 Å². The van der Waals surface area contributed by atoms with E-state index < -0.39 is 0 Å². The summed E-state index contributed by atoms with van der Waals surface area (Å²) in [6, 6.07) is 24.3. The molecule has 0 unspecified atom stereocenters. The summed E-state index contributed by atoms with van der Waals surface area (Å²) in [5.41, 5.74) is 3.98. The lowest BCUT2D eigenvalue weighted by molar-refractivity contribution is 0.0909. The molecule has 4 nitrogen and oxygen atoms in total. The molecule has 0 saturated carbocycles. The van der Waals surface area contributed by atoms with Crippen LogP contribution in [0.3, 0.4) is 0 Å². The van der Waals surface area contributed by atoms with Crippen LogP contribution in [0.1, 0.15) is 28.8 Å². The molecule has 1 fully saturated rings. The highest BCUT2D eigenvalue weighted by atomic mass is 16.1. The van der Waals surface area contributed by atoms with Crippen LogP contribution in [0.4, 0.5) is 0 Å². The van der Waals surface area contributed by atoms with Crippen molar-refractivity contribution in [3.05, 3.63) is 90.1 Å². The van der Waals surface area contributed by atoms with Crippen molar-refractivity contribution in [1.29, 1.82) is 0 Å². The Bertz CT molecular complexity index is 886. The van der Waals surface area contributed by atoms with Crippen LogP contribution in [0.2, 0.25) is 0 Å². The van der Waals surface area contributed by atoms with Crippen molar-refractivity contribution in [3.63, 3.8) is 0 Å². The maximum atomic E-state index is 12.6. The molecule has 4 heteroatoms. The third-order valence-electron chi connectivity index (χ3n) is 5.28. The predicted octanol–water partition coefficient (Wildman–Crippen LogP) is 4.14. The molecule has 0 aliphatic carbocycles. The number of pyridine rings is 1. The number of benzene rings is 2. The largest absolute Gasteiger partial charge is 0.349 e. The average Bonchev–Trinajstić information content (AvgIpc) is 2.76. The molecule has 28 heavy (non-hydrogen) atoms. The normalized spacial score (nSPS) is 15.3. The summed E-state index contributed by atoms with van der Waals surface area (Å²) < 4.78 is 0. The summed E-state index contributed by atoms with van der Waals surface area (Å²) in [5, 5.41) is 3.20. The Hall–Kier alpha value is -2.98. The van der Waals surface area contributed by atoms with Gasteiger partial charge in [0.05, 0.1) is 5.69 Å². The Morgan fingerprint density at radius 3 is 2.32 bits per heavy atom. The lowest BCUT2D eigenvalue weighted by Gasteiger charge is -2.32. The fraction of sp³-hybridized carbons (Fsp3) is 0.250. The van der Waals surface area contributed by atoms with Gasteiger partial charge in [-0.15, -0.1) is 0 Å². The number of nitrogens with zero attached hydrogens (tertiary/aromatic N) is 2. The minimum Gasteiger partial charge on any atom is -0.349 e. The number of rotatable bonds is 5. The Kier molecular flexibility index (Phi) is 5.78. The molecule has 2 heterocycles. The minimum absolute atomic E-state index is 0.00841. The molecular formula is C24H25N3O. The quantitative estimate of drug-likeness (QED) is 0.733. The van der Waals surface area contributed by atoms with E-state index in [2.05, 4.69) is 39.5 Å².